The third-order valence-corrected chi connectivity index (χ3v) is 6.36. The molecule has 192 valence electrons. The van der Waals surface area contributed by atoms with Crippen molar-refractivity contribution in [1.29, 1.82) is 0 Å². The predicted octanol–water partition coefficient (Wildman–Crippen LogP) is 4.73. The number of benzene rings is 2. The SMILES string of the molecule is CCOC(=O)C(C)NP(COC)Oc1cc(/C=C\c2cc(OC)c(OC)c(OC)c2)ccc1OC. The Morgan fingerprint density at radius 2 is 1.49 bits per heavy atom. The first kappa shape index (κ1) is 28.2. The van der Waals surface area contributed by atoms with E-state index in [4.69, 9.17) is 32.9 Å². The van der Waals surface area contributed by atoms with E-state index in [9.17, 15) is 4.79 Å². The Bertz CT molecular complexity index is 972. The van der Waals surface area contributed by atoms with Crippen LogP contribution in [0.1, 0.15) is 25.0 Å². The first-order chi connectivity index (χ1) is 16.9. The molecule has 0 radical (unpaired) electrons. The molecule has 10 heteroatoms. The van der Waals surface area contributed by atoms with Crippen molar-refractivity contribution in [2.24, 2.45) is 0 Å². The quantitative estimate of drug-likeness (QED) is 0.221. The average Bonchev–Trinajstić information content (AvgIpc) is 2.86. The molecule has 9 nitrogen and oxygen atoms in total. The van der Waals surface area contributed by atoms with E-state index in [-0.39, 0.29) is 12.3 Å². The molecule has 0 heterocycles. The Morgan fingerprint density at radius 1 is 0.886 bits per heavy atom. The second-order valence-corrected chi connectivity index (χ2v) is 8.65. The Kier molecular flexibility index (Phi) is 11.6. The van der Waals surface area contributed by atoms with Gasteiger partial charge in [0, 0.05) is 7.11 Å². The van der Waals surface area contributed by atoms with Gasteiger partial charge in [-0.25, -0.2) is 5.09 Å². The van der Waals surface area contributed by atoms with Crippen LogP contribution in [-0.2, 0) is 14.3 Å². The Balaban J connectivity index is 2.28. The molecule has 2 aromatic carbocycles. The zero-order valence-electron chi connectivity index (χ0n) is 21.2. The molecule has 2 unspecified atom stereocenters. The van der Waals surface area contributed by atoms with Crippen LogP contribution < -0.4 is 28.6 Å². The second-order valence-electron chi connectivity index (χ2n) is 7.19. The number of hydrogen-bond acceptors (Lipinski definition) is 9. The highest BCUT2D eigenvalue weighted by Gasteiger charge is 2.22. The molecular weight excluding hydrogens is 473 g/mol. The van der Waals surface area contributed by atoms with Gasteiger partial charge >= 0.3 is 5.97 Å². The van der Waals surface area contributed by atoms with Crippen molar-refractivity contribution >= 4 is 26.4 Å². The molecule has 0 saturated heterocycles. The van der Waals surface area contributed by atoms with Crippen molar-refractivity contribution in [2.75, 3.05) is 48.5 Å². The number of nitrogens with one attached hydrogen (secondary N) is 1. The first-order valence-electron chi connectivity index (χ1n) is 10.9. The summed E-state index contributed by atoms with van der Waals surface area (Å²) in [6, 6.07) is 8.75. The van der Waals surface area contributed by atoms with Crippen LogP contribution >= 0.6 is 8.30 Å². The van der Waals surface area contributed by atoms with Crippen molar-refractivity contribution in [1.82, 2.24) is 5.09 Å². The molecule has 2 aromatic rings. The molecule has 0 aliphatic carbocycles. The lowest BCUT2D eigenvalue weighted by atomic mass is 10.1. The van der Waals surface area contributed by atoms with Crippen LogP contribution in [0, 0.1) is 0 Å². The first-order valence-corrected chi connectivity index (χ1v) is 12.4. The summed E-state index contributed by atoms with van der Waals surface area (Å²) in [7, 11) is 6.51. The van der Waals surface area contributed by atoms with E-state index < -0.39 is 14.3 Å². The van der Waals surface area contributed by atoms with Gasteiger partial charge in [0.15, 0.2) is 31.3 Å². The van der Waals surface area contributed by atoms with Crippen molar-refractivity contribution in [3.8, 4) is 28.7 Å². The lowest BCUT2D eigenvalue weighted by Crippen LogP contribution is -2.33. The summed E-state index contributed by atoms with van der Waals surface area (Å²) in [4.78, 5) is 12.0. The molecule has 0 aromatic heterocycles. The van der Waals surface area contributed by atoms with Crippen LogP contribution in [-0.4, -0.2) is 60.5 Å². The normalized spacial score (nSPS) is 12.7. The standard InChI is InChI=1S/C25H34NO8P/c1-8-33-25(27)17(2)26-35(16-28-3)34-21-13-18(11-12-20(21)29-4)9-10-19-14-22(30-5)24(32-7)23(15-19)31-6/h9-15,17,26H,8,16H2,1-7H3/b10-9-. The van der Waals surface area contributed by atoms with Gasteiger partial charge in [0.25, 0.3) is 0 Å². The fourth-order valence-corrected chi connectivity index (χ4v) is 4.45. The van der Waals surface area contributed by atoms with Gasteiger partial charge in [-0.1, -0.05) is 18.2 Å². The van der Waals surface area contributed by atoms with Gasteiger partial charge < -0.3 is 32.9 Å². The maximum Gasteiger partial charge on any atom is 0.323 e. The van der Waals surface area contributed by atoms with Crippen LogP contribution in [0.2, 0.25) is 0 Å². The van der Waals surface area contributed by atoms with E-state index in [0.29, 0.717) is 35.4 Å². The number of carbonyl (C=O) groups is 1. The van der Waals surface area contributed by atoms with E-state index in [1.165, 1.54) is 0 Å². The summed E-state index contributed by atoms with van der Waals surface area (Å²) in [5, 5.41) is 3.15. The summed E-state index contributed by atoms with van der Waals surface area (Å²) in [6.07, 6.45) is 4.13. The van der Waals surface area contributed by atoms with Gasteiger partial charge in [-0.3, -0.25) is 4.79 Å². The maximum atomic E-state index is 12.0. The van der Waals surface area contributed by atoms with Gasteiger partial charge in [0.2, 0.25) is 5.75 Å². The minimum atomic E-state index is -1.35. The molecule has 0 saturated carbocycles. The molecule has 0 spiro atoms. The summed E-state index contributed by atoms with van der Waals surface area (Å²) in [5.74, 6) is 2.39. The van der Waals surface area contributed by atoms with Crippen LogP contribution in [0.3, 0.4) is 0 Å². The zero-order chi connectivity index (χ0) is 25.8. The molecule has 0 aliphatic heterocycles. The third-order valence-electron chi connectivity index (χ3n) is 4.78. The largest absolute Gasteiger partial charge is 0.493 e. The minimum absolute atomic E-state index is 0.272. The van der Waals surface area contributed by atoms with E-state index >= 15 is 0 Å². The van der Waals surface area contributed by atoms with Crippen molar-refractivity contribution in [3.63, 3.8) is 0 Å². The lowest BCUT2D eigenvalue weighted by molar-refractivity contribution is -0.144. The Morgan fingerprint density at radius 3 is 2.03 bits per heavy atom. The second kappa shape index (κ2) is 14.4. The summed E-state index contributed by atoms with van der Waals surface area (Å²) < 4.78 is 38.2. The predicted molar refractivity (Wildman–Crippen MR) is 137 cm³/mol. The van der Waals surface area contributed by atoms with Gasteiger partial charge in [-0.2, -0.15) is 0 Å². The Hall–Kier alpha value is -3.00. The Labute approximate surface area is 208 Å². The highest BCUT2D eigenvalue weighted by Crippen LogP contribution is 2.41. The van der Waals surface area contributed by atoms with Crippen molar-refractivity contribution in [3.05, 3.63) is 41.5 Å². The van der Waals surface area contributed by atoms with Crippen molar-refractivity contribution in [2.45, 2.75) is 19.9 Å². The number of rotatable bonds is 14. The molecule has 2 atom stereocenters. The number of ether oxygens (including phenoxy) is 6. The molecule has 0 bridgehead atoms. The zero-order valence-corrected chi connectivity index (χ0v) is 22.1. The lowest BCUT2D eigenvalue weighted by Gasteiger charge is -2.23. The molecule has 35 heavy (non-hydrogen) atoms. The van der Waals surface area contributed by atoms with Crippen LogP contribution in [0.4, 0.5) is 0 Å². The average molecular weight is 508 g/mol. The number of carbonyl (C=O) groups excluding carboxylic acids is 1. The van der Waals surface area contributed by atoms with Crippen LogP contribution in [0.25, 0.3) is 12.2 Å². The smallest absolute Gasteiger partial charge is 0.323 e. The van der Waals surface area contributed by atoms with Crippen molar-refractivity contribution < 1.29 is 37.7 Å². The monoisotopic (exact) mass is 507 g/mol. The highest BCUT2D eigenvalue weighted by atomic mass is 31.2. The minimum Gasteiger partial charge on any atom is -0.493 e. The number of esters is 1. The molecule has 0 amide bonds. The summed E-state index contributed by atoms with van der Waals surface area (Å²) >= 11 is 0. The van der Waals surface area contributed by atoms with E-state index in [1.807, 2.05) is 42.5 Å². The molecular formula is C25H34NO8P. The van der Waals surface area contributed by atoms with Gasteiger partial charge in [0.05, 0.1) is 35.0 Å². The number of hydrogen-bond donors (Lipinski definition) is 1. The maximum absolute atomic E-state index is 12.0. The van der Waals surface area contributed by atoms with Crippen LogP contribution in [0.5, 0.6) is 28.7 Å². The molecule has 2 rings (SSSR count). The molecule has 0 aliphatic rings. The number of methoxy groups -OCH3 is 5. The van der Waals surface area contributed by atoms with E-state index in [0.717, 1.165) is 11.1 Å². The third kappa shape index (κ3) is 8.02. The molecule has 1 N–H and O–H groups in total. The summed E-state index contributed by atoms with van der Waals surface area (Å²) in [6.45, 7) is 3.79. The van der Waals surface area contributed by atoms with E-state index in [1.54, 1.807) is 49.4 Å². The van der Waals surface area contributed by atoms with Gasteiger partial charge in [-0.15, -0.1) is 0 Å². The molecule has 0 fully saturated rings. The summed E-state index contributed by atoms with van der Waals surface area (Å²) in [5.41, 5.74) is 1.74. The van der Waals surface area contributed by atoms with E-state index in [2.05, 4.69) is 5.09 Å². The van der Waals surface area contributed by atoms with Crippen LogP contribution in [0.15, 0.2) is 30.3 Å². The highest BCUT2D eigenvalue weighted by molar-refractivity contribution is 7.50. The van der Waals surface area contributed by atoms with Gasteiger partial charge in [0.1, 0.15) is 12.4 Å². The fraction of sp³-hybridized carbons (Fsp3) is 0.400. The van der Waals surface area contributed by atoms with Gasteiger partial charge in [-0.05, 0) is 49.2 Å². The fourth-order valence-electron chi connectivity index (χ4n) is 3.12. The topological polar surface area (TPSA) is 93.7 Å².